The molecule has 0 spiro atoms. The molecule has 0 aliphatic rings. The van der Waals surface area contributed by atoms with Crippen molar-refractivity contribution in [2.45, 2.75) is 13.8 Å². The van der Waals surface area contributed by atoms with E-state index in [1.54, 1.807) is 14.0 Å². The van der Waals surface area contributed by atoms with Crippen molar-refractivity contribution in [3.05, 3.63) is 30.1 Å². The second kappa shape index (κ2) is 5.62. The number of carboxylic acids is 1. The highest BCUT2D eigenvalue weighted by Crippen LogP contribution is 2.19. The largest absolute Gasteiger partial charge is 0.481 e. The smallest absolute Gasteiger partial charge is 0.307 e. The summed E-state index contributed by atoms with van der Waals surface area (Å²) in [7, 11) is 1.54. The van der Waals surface area contributed by atoms with Crippen molar-refractivity contribution in [3.8, 4) is 0 Å². The van der Waals surface area contributed by atoms with E-state index in [9.17, 15) is 14.0 Å². The lowest BCUT2D eigenvalue weighted by atomic mass is 9.94. The van der Waals surface area contributed by atoms with Crippen molar-refractivity contribution >= 4 is 17.6 Å². The van der Waals surface area contributed by atoms with Gasteiger partial charge in [-0.2, -0.15) is 0 Å². The van der Waals surface area contributed by atoms with E-state index in [0.29, 0.717) is 5.69 Å². The molecule has 0 bridgehead atoms. The van der Waals surface area contributed by atoms with Crippen LogP contribution in [-0.2, 0) is 9.59 Å². The molecule has 2 unspecified atom stereocenters. The summed E-state index contributed by atoms with van der Waals surface area (Å²) in [5.41, 5.74) is 0.533. The van der Waals surface area contributed by atoms with Gasteiger partial charge < -0.3 is 10.0 Å². The Kier molecular flexibility index (Phi) is 4.42. The first-order chi connectivity index (χ1) is 8.34. The number of hydrogen-bond acceptors (Lipinski definition) is 2. The molecule has 0 radical (unpaired) electrons. The quantitative estimate of drug-likeness (QED) is 0.894. The van der Waals surface area contributed by atoms with Crippen LogP contribution in [0.3, 0.4) is 0 Å². The molecule has 1 aromatic rings. The number of halogens is 1. The first-order valence-electron chi connectivity index (χ1n) is 5.60. The number of anilines is 1. The lowest BCUT2D eigenvalue weighted by Gasteiger charge is -2.23. The molecule has 4 nitrogen and oxygen atoms in total. The van der Waals surface area contributed by atoms with E-state index in [4.69, 9.17) is 5.11 Å². The Morgan fingerprint density at radius 3 is 2.11 bits per heavy atom. The Hall–Kier alpha value is -1.91. The van der Waals surface area contributed by atoms with Crippen LogP contribution in [0, 0.1) is 17.7 Å². The third kappa shape index (κ3) is 3.06. The van der Waals surface area contributed by atoms with E-state index >= 15 is 0 Å². The molecule has 0 saturated carbocycles. The van der Waals surface area contributed by atoms with Gasteiger partial charge in [0, 0.05) is 18.7 Å². The van der Waals surface area contributed by atoms with Gasteiger partial charge in [-0.25, -0.2) is 4.39 Å². The Morgan fingerprint density at radius 2 is 1.67 bits per heavy atom. The van der Waals surface area contributed by atoms with E-state index in [1.165, 1.54) is 36.1 Å². The fraction of sp³-hybridized carbons (Fsp3) is 0.385. The highest BCUT2D eigenvalue weighted by Gasteiger charge is 2.28. The highest BCUT2D eigenvalue weighted by molar-refractivity contribution is 5.96. The third-order valence-electron chi connectivity index (χ3n) is 3.07. The number of carbonyl (C=O) groups is 2. The van der Waals surface area contributed by atoms with E-state index in [-0.39, 0.29) is 11.7 Å². The van der Waals surface area contributed by atoms with Crippen molar-refractivity contribution in [2.75, 3.05) is 11.9 Å². The molecule has 2 atom stereocenters. The number of amides is 1. The third-order valence-corrected chi connectivity index (χ3v) is 3.07. The summed E-state index contributed by atoms with van der Waals surface area (Å²) in [6.45, 7) is 3.06. The molecule has 0 fully saturated rings. The molecule has 98 valence electrons. The molecular formula is C13H16FNO3. The zero-order valence-corrected chi connectivity index (χ0v) is 10.6. The van der Waals surface area contributed by atoms with Crippen LogP contribution in [0.4, 0.5) is 10.1 Å². The van der Waals surface area contributed by atoms with Gasteiger partial charge >= 0.3 is 5.97 Å². The molecule has 1 rings (SSSR count). The minimum Gasteiger partial charge on any atom is -0.481 e. The van der Waals surface area contributed by atoms with Gasteiger partial charge in [-0.05, 0) is 24.3 Å². The molecule has 18 heavy (non-hydrogen) atoms. The summed E-state index contributed by atoms with van der Waals surface area (Å²) in [4.78, 5) is 24.2. The first kappa shape index (κ1) is 14.2. The molecule has 0 aromatic heterocycles. The standard InChI is InChI=1S/C13H16FNO3/c1-8(9(2)13(17)18)12(16)15(3)11-6-4-10(14)5-7-11/h4-9H,1-3H3,(H,17,18). The maximum absolute atomic E-state index is 12.8. The minimum absolute atomic E-state index is 0.309. The molecule has 1 aromatic carbocycles. The predicted octanol–water partition coefficient (Wildman–Crippen LogP) is 2.15. The summed E-state index contributed by atoms with van der Waals surface area (Å²) in [5.74, 6) is -3.11. The molecule has 0 saturated heterocycles. The summed E-state index contributed by atoms with van der Waals surface area (Å²) in [6, 6.07) is 5.46. The number of hydrogen-bond donors (Lipinski definition) is 1. The van der Waals surface area contributed by atoms with E-state index in [2.05, 4.69) is 0 Å². The van der Waals surface area contributed by atoms with E-state index in [0.717, 1.165) is 0 Å². The normalized spacial score (nSPS) is 13.8. The summed E-state index contributed by atoms with van der Waals surface area (Å²) < 4.78 is 12.8. The second-order valence-electron chi connectivity index (χ2n) is 4.29. The van der Waals surface area contributed by atoms with Gasteiger partial charge in [-0.1, -0.05) is 13.8 Å². The lowest BCUT2D eigenvalue weighted by Crippen LogP contribution is -2.36. The van der Waals surface area contributed by atoms with E-state index < -0.39 is 17.8 Å². The zero-order chi connectivity index (χ0) is 13.9. The number of nitrogens with zero attached hydrogens (tertiary/aromatic N) is 1. The molecule has 1 N–H and O–H groups in total. The molecule has 5 heteroatoms. The summed E-state index contributed by atoms with van der Waals surface area (Å²) in [5, 5.41) is 8.87. The maximum atomic E-state index is 12.8. The Bertz CT molecular complexity index is 444. The topological polar surface area (TPSA) is 57.6 Å². The fourth-order valence-electron chi connectivity index (χ4n) is 1.53. The highest BCUT2D eigenvalue weighted by atomic mass is 19.1. The molecular weight excluding hydrogens is 237 g/mol. The van der Waals surface area contributed by atoms with Crippen LogP contribution in [0.15, 0.2) is 24.3 Å². The van der Waals surface area contributed by atoms with E-state index in [1.807, 2.05) is 0 Å². The number of aliphatic carboxylic acids is 1. The minimum atomic E-state index is -1.01. The Morgan fingerprint density at radius 1 is 1.17 bits per heavy atom. The van der Waals surface area contributed by atoms with Crippen molar-refractivity contribution < 1.29 is 19.1 Å². The molecule has 1 amide bonds. The van der Waals surface area contributed by atoms with Gasteiger partial charge in [-0.3, -0.25) is 9.59 Å². The first-order valence-corrected chi connectivity index (χ1v) is 5.60. The SMILES string of the molecule is CC(C(=O)O)C(C)C(=O)N(C)c1ccc(F)cc1. The second-order valence-corrected chi connectivity index (χ2v) is 4.29. The van der Waals surface area contributed by atoms with Crippen LogP contribution in [-0.4, -0.2) is 24.0 Å². The fourth-order valence-corrected chi connectivity index (χ4v) is 1.53. The zero-order valence-electron chi connectivity index (χ0n) is 10.6. The number of benzene rings is 1. The summed E-state index contributed by atoms with van der Waals surface area (Å²) in [6.07, 6.45) is 0. The number of carboxylic acid groups (broad SMARTS) is 1. The molecule has 0 aliphatic heterocycles. The Labute approximate surface area is 105 Å². The van der Waals surface area contributed by atoms with Gasteiger partial charge in [0.15, 0.2) is 0 Å². The van der Waals surface area contributed by atoms with Gasteiger partial charge in [0.05, 0.1) is 5.92 Å². The van der Waals surface area contributed by atoms with Crippen LogP contribution in [0.1, 0.15) is 13.8 Å². The van der Waals surface area contributed by atoms with Gasteiger partial charge in [0.1, 0.15) is 5.82 Å². The van der Waals surface area contributed by atoms with Crippen molar-refractivity contribution in [3.63, 3.8) is 0 Å². The van der Waals surface area contributed by atoms with Crippen LogP contribution in [0.25, 0.3) is 0 Å². The predicted molar refractivity (Wildman–Crippen MR) is 65.8 cm³/mol. The van der Waals surface area contributed by atoms with Crippen molar-refractivity contribution in [2.24, 2.45) is 11.8 Å². The van der Waals surface area contributed by atoms with Gasteiger partial charge in [0.25, 0.3) is 0 Å². The van der Waals surface area contributed by atoms with Gasteiger partial charge in [-0.15, -0.1) is 0 Å². The lowest BCUT2D eigenvalue weighted by molar-refractivity contribution is -0.145. The summed E-state index contributed by atoms with van der Waals surface area (Å²) >= 11 is 0. The molecule has 0 aliphatic carbocycles. The monoisotopic (exact) mass is 253 g/mol. The van der Waals surface area contributed by atoms with Crippen LogP contribution >= 0.6 is 0 Å². The average Bonchev–Trinajstić information content (AvgIpc) is 2.36. The van der Waals surface area contributed by atoms with Crippen molar-refractivity contribution in [1.82, 2.24) is 0 Å². The van der Waals surface area contributed by atoms with Gasteiger partial charge in [0.2, 0.25) is 5.91 Å². The maximum Gasteiger partial charge on any atom is 0.307 e. The Balaban J connectivity index is 2.84. The van der Waals surface area contributed by atoms with Crippen molar-refractivity contribution in [1.29, 1.82) is 0 Å². The van der Waals surface area contributed by atoms with Crippen LogP contribution in [0.5, 0.6) is 0 Å². The number of rotatable bonds is 4. The molecule has 0 heterocycles. The number of carbonyl (C=O) groups excluding carboxylic acids is 1. The van der Waals surface area contributed by atoms with Crippen LogP contribution < -0.4 is 4.90 Å². The average molecular weight is 253 g/mol. The van der Waals surface area contributed by atoms with Crippen LogP contribution in [0.2, 0.25) is 0 Å².